The normalized spacial score (nSPS) is 12.2. The smallest absolute Gasteiger partial charge is 0.162 e. The van der Waals surface area contributed by atoms with Gasteiger partial charge in [0.2, 0.25) is 0 Å². The van der Waals surface area contributed by atoms with Crippen LogP contribution in [0.15, 0.2) is 65.4 Å². The topological polar surface area (TPSA) is 78.3 Å². The van der Waals surface area contributed by atoms with Crippen molar-refractivity contribution in [1.29, 1.82) is 0 Å². The molecule has 0 saturated carbocycles. The van der Waals surface area contributed by atoms with Crippen molar-refractivity contribution in [2.45, 2.75) is 12.5 Å². The molecule has 0 amide bonds. The quantitative estimate of drug-likeness (QED) is 0.472. The fourth-order valence-corrected chi connectivity index (χ4v) is 3.61. The number of para-hydroxylation sites is 1. The van der Waals surface area contributed by atoms with Crippen LogP contribution in [0.3, 0.4) is 0 Å². The molecule has 3 N–H and O–H groups in total. The molecule has 2 aromatic heterocycles. The Morgan fingerprint density at radius 3 is 2.56 bits per heavy atom. The van der Waals surface area contributed by atoms with E-state index in [0.29, 0.717) is 18.1 Å². The summed E-state index contributed by atoms with van der Waals surface area (Å²) in [6.45, 7) is -0.0347. The number of hydrogen-bond donors (Lipinski definition) is 3. The van der Waals surface area contributed by atoms with Crippen molar-refractivity contribution >= 4 is 28.1 Å². The first-order chi connectivity index (χ1) is 13.2. The number of hydrogen-bond acceptors (Lipinski definition) is 6. The molecule has 4 rings (SSSR count). The van der Waals surface area contributed by atoms with Crippen molar-refractivity contribution in [3.05, 3.63) is 70.9 Å². The third-order valence-electron chi connectivity index (χ3n) is 4.36. The highest BCUT2D eigenvalue weighted by atomic mass is 32.1. The van der Waals surface area contributed by atoms with E-state index in [0.717, 1.165) is 22.0 Å². The summed E-state index contributed by atoms with van der Waals surface area (Å²) in [6.07, 6.45) is 0.614. The lowest BCUT2D eigenvalue weighted by Crippen LogP contribution is -2.27. The molecular weight excluding hydrogens is 358 g/mol. The van der Waals surface area contributed by atoms with Crippen LogP contribution in [0, 0.1) is 0 Å². The highest BCUT2D eigenvalue weighted by molar-refractivity contribution is 7.08. The lowest BCUT2D eigenvalue weighted by Gasteiger charge is -2.19. The van der Waals surface area contributed by atoms with Crippen LogP contribution in [0.5, 0.6) is 5.75 Å². The molecule has 5 nitrogen and oxygen atoms in total. The molecule has 2 aromatic carbocycles. The van der Waals surface area contributed by atoms with Gasteiger partial charge in [0.25, 0.3) is 0 Å². The largest absolute Gasteiger partial charge is 0.508 e. The summed E-state index contributed by atoms with van der Waals surface area (Å²) in [6, 6.07) is 16.7. The maximum absolute atomic E-state index is 9.87. The molecule has 2 heterocycles. The molecule has 0 aliphatic carbocycles. The molecule has 0 spiro atoms. The molecule has 0 radical (unpaired) electrons. The monoisotopic (exact) mass is 377 g/mol. The average Bonchev–Trinajstić information content (AvgIpc) is 3.24. The van der Waals surface area contributed by atoms with Gasteiger partial charge in [0, 0.05) is 16.3 Å². The van der Waals surface area contributed by atoms with Crippen LogP contribution >= 0.6 is 11.3 Å². The molecule has 4 aromatic rings. The number of phenolic OH excluding ortho intramolecular Hbond substituents is 1. The minimum atomic E-state index is -0.205. The fraction of sp³-hybridized carbons (Fsp3) is 0.143. The Labute approximate surface area is 161 Å². The van der Waals surface area contributed by atoms with E-state index in [1.165, 1.54) is 0 Å². The zero-order valence-electron chi connectivity index (χ0n) is 14.5. The SMILES string of the molecule is OC[C@H](Cc1ccc(O)cc1)Nc1nc(-c2ccsc2)nc2ccccc12. The number of thiophene rings is 1. The molecule has 1 atom stereocenters. The number of anilines is 1. The number of aromatic hydroxyl groups is 1. The molecule has 0 saturated heterocycles. The Kier molecular flexibility index (Phi) is 5.00. The second-order valence-corrected chi connectivity index (χ2v) is 7.10. The maximum atomic E-state index is 9.87. The number of fused-ring (bicyclic) bond motifs is 1. The summed E-state index contributed by atoms with van der Waals surface area (Å²) in [5, 5.41) is 27.6. The van der Waals surface area contributed by atoms with E-state index in [2.05, 4.69) is 10.3 Å². The van der Waals surface area contributed by atoms with Crippen molar-refractivity contribution in [2.24, 2.45) is 0 Å². The van der Waals surface area contributed by atoms with Crippen LogP contribution in [0.1, 0.15) is 5.56 Å². The Morgan fingerprint density at radius 2 is 1.81 bits per heavy atom. The van der Waals surface area contributed by atoms with Crippen molar-refractivity contribution in [2.75, 3.05) is 11.9 Å². The predicted octanol–water partition coefficient (Wildman–Crippen LogP) is 4.08. The first kappa shape index (κ1) is 17.5. The summed E-state index contributed by atoms with van der Waals surface area (Å²) in [5.74, 6) is 1.60. The van der Waals surface area contributed by atoms with Gasteiger partial charge in [0.05, 0.1) is 18.2 Å². The van der Waals surface area contributed by atoms with Crippen LogP contribution in [-0.2, 0) is 6.42 Å². The molecule has 136 valence electrons. The van der Waals surface area contributed by atoms with Gasteiger partial charge < -0.3 is 15.5 Å². The molecule has 0 unspecified atom stereocenters. The maximum Gasteiger partial charge on any atom is 0.162 e. The summed E-state index contributed by atoms with van der Waals surface area (Å²) < 4.78 is 0. The lowest BCUT2D eigenvalue weighted by molar-refractivity contribution is 0.273. The van der Waals surface area contributed by atoms with E-state index in [1.807, 2.05) is 53.2 Å². The molecule has 0 aliphatic rings. The van der Waals surface area contributed by atoms with Gasteiger partial charge in [-0.25, -0.2) is 9.97 Å². The van der Waals surface area contributed by atoms with Crippen molar-refractivity contribution in [1.82, 2.24) is 9.97 Å². The summed E-state index contributed by atoms with van der Waals surface area (Å²) >= 11 is 1.61. The number of benzene rings is 2. The van der Waals surface area contributed by atoms with Crippen LogP contribution in [0.25, 0.3) is 22.3 Å². The third-order valence-corrected chi connectivity index (χ3v) is 5.05. The number of phenols is 1. The Morgan fingerprint density at radius 1 is 1.00 bits per heavy atom. The minimum Gasteiger partial charge on any atom is -0.508 e. The van der Waals surface area contributed by atoms with Crippen LogP contribution in [0.2, 0.25) is 0 Å². The van der Waals surface area contributed by atoms with Gasteiger partial charge in [0.1, 0.15) is 11.6 Å². The number of nitrogens with zero attached hydrogens (tertiary/aromatic N) is 2. The number of nitrogens with one attached hydrogen (secondary N) is 1. The Hall–Kier alpha value is -2.96. The van der Waals surface area contributed by atoms with E-state index < -0.39 is 0 Å². The number of aliphatic hydroxyl groups excluding tert-OH is 1. The molecular formula is C21H19N3O2S. The van der Waals surface area contributed by atoms with Gasteiger partial charge in [-0.15, -0.1) is 0 Å². The first-order valence-corrected chi connectivity index (χ1v) is 9.62. The standard InChI is InChI=1S/C21H19N3O2S/c25-12-16(11-14-5-7-17(26)8-6-14)22-21-18-3-1-2-4-19(18)23-20(24-21)15-9-10-27-13-15/h1-10,13,16,25-26H,11-12H2,(H,22,23,24)/t16-/m0/s1. The van der Waals surface area contributed by atoms with Gasteiger partial charge in [-0.1, -0.05) is 24.3 Å². The van der Waals surface area contributed by atoms with Gasteiger partial charge in [-0.3, -0.25) is 0 Å². The first-order valence-electron chi connectivity index (χ1n) is 8.67. The Bertz CT molecular complexity index is 1030. The van der Waals surface area contributed by atoms with Crippen molar-refractivity contribution in [3.63, 3.8) is 0 Å². The Balaban J connectivity index is 1.67. The zero-order chi connectivity index (χ0) is 18.6. The van der Waals surface area contributed by atoms with Crippen LogP contribution in [0.4, 0.5) is 5.82 Å². The lowest BCUT2D eigenvalue weighted by atomic mass is 10.1. The molecule has 0 fully saturated rings. The fourth-order valence-electron chi connectivity index (χ4n) is 2.98. The third kappa shape index (κ3) is 3.92. The summed E-state index contributed by atoms with van der Waals surface area (Å²) in [7, 11) is 0. The zero-order valence-corrected chi connectivity index (χ0v) is 15.4. The summed E-state index contributed by atoms with van der Waals surface area (Å²) in [5.41, 5.74) is 2.86. The predicted molar refractivity (Wildman–Crippen MR) is 109 cm³/mol. The van der Waals surface area contributed by atoms with E-state index in [4.69, 9.17) is 4.98 Å². The highest BCUT2D eigenvalue weighted by Gasteiger charge is 2.14. The average molecular weight is 377 g/mol. The van der Waals surface area contributed by atoms with Gasteiger partial charge in [0.15, 0.2) is 5.82 Å². The van der Waals surface area contributed by atoms with E-state index in [9.17, 15) is 10.2 Å². The minimum absolute atomic E-state index is 0.0347. The van der Waals surface area contributed by atoms with E-state index in [1.54, 1.807) is 23.5 Å². The molecule has 0 aliphatic heterocycles. The van der Waals surface area contributed by atoms with E-state index in [-0.39, 0.29) is 18.4 Å². The second-order valence-electron chi connectivity index (χ2n) is 6.32. The molecule has 0 bridgehead atoms. The number of aliphatic hydroxyl groups is 1. The van der Waals surface area contributed by atoms with E-state index >= 15 is 0 Å². The number of rotatable bonds is 6. The van der Waals surface area contributed by atoms with Crippen molar-refractivity contribution in [3.8, 4) is 17.1 Å². The molecule has 6 heteroatoms. The van der Waals surface area contributed by atoms with Crippen molar-refractivity contribution < 1.29 is 10.2 Å². The van der Waals surface area contributed by atoms with Gasteiger partial charge in [-0.2, -0.15) is 11.3 Å². The number of aromatic nitrogens is 2. The second kappa shape index (κ2) is 7.73. The van der Waals surface area contributed by atoms with Gasteiger partial charge in [-0.05, 0) is 47.7 Å². The molecule has 27 heavy (non-hydrogen) atoms. The van der Waals surface area contributed by atoms with Gasteiger partial charge >= 0.3 is 0 Å². The van der Waals surface area contributed by atoms with Crippen LogP contribution in [-0.4, -0.2) is 32.8 Å². The highest BCUT2D eigenvalue weighted by Crippen LogP contribution is 2.27. The van der Waals surface area contributed by atoms with Crippen LogP contribution < -0.4 is 5.32 Å². The summed E-state index contributed by atoms with van der Waals surface area (Å²) in [4.78, 5) is 9.39.